The van der Waals surface area contributed by atoms with Crippen LogP contribution in [0.25, 0.3) is 11.7 Å². The molecule has 10 heteroatoms. The Morgan fingerprint density at radius 3 is 2.62 bits per heavy atom. The largest absolute Gasteiger partial charge is 0.400 e. The fourth-order valence-corrected chi connectivity index (χ4v) is 3.48. The zero-order valence-electron chi connectivity index (χ0n) is 13.9. The van der Waals surface area contributed by atoms with Crippen molar-refractivity contribution in [3.8, 4) is 11.7 Å². The fourth-order valence-electron chi connectivity index (χ4n) is 2.17. The van der Waals surface area contributed by atoms with E-state index in [2.05, 4.69) is 20.7 Å². The molecule has 0 spiro atoms. The second-order valence-electron chi connectivity index (χ2n) is 5.57. The highest BCUT2D eigenvalue weighted by Gasteiger charge is 2.17. The van der Waals surface area contributed by atoms with Gasteiger partial charge in [0.25, 0.3) is 5.89 Å². The summed E-state index contributed by atoms with van der Waals surface area (Å²) in [7, 11) is -3.42. The van der Waals surface area contributed by atoms with Gasteiger partial charge in [0, 0.05) is 12.5 Å². The first-order valence-electron chi connectivity index (χ1n) is 7.78. The lowest BCUT2D eigenvalue weighted by atomic mass is 10.2. The van der Waals surface area contributed by atoms with E-state index in [0.717, 1.165) is 5.56 Å². The van der Waals surface area contributed by atoms with Crippen LogP contribution >= 0.6 is 0 Å². The molecule has 1 aromatic carbocycles. The molecular weight excluding hydrogens is 360 g/mol. The number of rotatable bonds is 7. The smallest absolute Gasteiger partial charge is 0.322 e. The molecule has 9 nitrogen and oxygen atoms in total. The molecule has 1 N–H and O–H groups in total. The maximum Gasteiger partial charge on any atom is 0.322 e. The van der Waals surface area contributed by atoms with Gasteiger partial charge in [0.15, 0.2) is 9.84 Å². The van der Waals surface area contributed by atoms with E-state index in [4.69, 9.17) is 8.94 Å². The molecule has 2 heterocycles. The molecule has 0 radical (unpaired) electrons. The Labute approximate surface area is 149 Å². The summed E-state index contributed by atoms with van der Waals surface area (Å²) in [5.74, 6) is -0.185. The normalized spacial score (nSPS) is 11.4. The van der Waals surface area contributed by atoms with Crippen molar-refractivity contribution in [1.29, 1.82) is 0 Å². The highest BCUT2D eigenvalue weighted by Crippen LogP contribution is 2.19. The van der Waals surface area contributed by atoms with E-state index in [1.165, 1.54) is 12.3 Å². The number of benzene rings is 1. The Morgan fingerprint density at radius 1 is 1.15 bits per heavy atom. The summed E-state index contributed by atoms with van der Waals surface area (Å²) in [5, 5.41) is 13.3. The third-order valence-corrected chi connectivity index (χ3v) is 5.33. The first-order valence-corrected chi connectivity index (χ1v) is 9.43. The number of nitrogens with zero attached hydrogens (tertiary/aromatic N) is 3. The molecule has 3 aromatic rings. The van der Waals surface area contributed by atoms with E-state index in [0.29, 0.717) is 0 Å². The maximum atomic E-state index is 12.2. The number of hydrogen-bond donors (Lipinski definition) is 1. The lowest BCUT2D eigenvalue weighted by molar-refractivity contribution is -0.116. The average molecular weight is 376 g/mol. The van der Waals surface area contributed by atoms with Crippen LogP contribution < -0.4 is 5.32 Å². The molecule has 0 saturated heterocycles. The minimum absolute atomic E-state index is 0.00507. The molecule has 2 aromatic heterocycles. The first kappa shape index (κ1) is 17.8. The molecule has 3 rings (SSSR count). The summed E-state index contributed by atoms with van der Waals surface area (Å²) in [6.45, 7) is 1.88. The number of amides is 1. The van der Waals surface area contributed by atoms with Crippen LogP contribution in [0.3, 0.4) is 0 Å². The molecule has 0 bridgehead atoms. The SMILES string of the molecule is Cc1ccc(S(=O)(=O)CCCC(=O)Nc2nnc(-c3ccno3)o2)cc1. The number of aromatic nitrogens is 3. The molecule has 26 heavy (non-hydrogen) atoms. The van der Waals surface area contributed by atoms with Gasteiger partial charge in [-0.15, -0.1) is 5.10 Å². The molecule has 0 aliphatic carbocycles. The van der Waals surface area contributed by atoms with Crippen LogP contribution in [0.2, 0.25) is 0 Å². The van der Waals surface area contributed by atoms with Gasteiger partial charge in [-0.05, 0) is 25.5 Å². The highest BCUT2D eigenvalue weighted by molar-refractivity contribution is 7.91. The minimum Gasteiger partial charge on any atom is -0.400 e. The Morgan fingerprint density at radius 2 is 1.92 bits per heavy atom. The van der Waals surface area contributed by atoms with E-state index < -0.39 is 15.7 Å². The predicted molar refractivity (Wildman–Crippen MR) is 90.9 cm³/mol. The van der Waals surface area contributed by atoms with Crippen molar-refractivity contribution in [2.75, 3.05) is 11.1 Å². The van der Waals surface area contributed by atoms with Gasteiger partial charge in [-0.1, -0.05) is 28.0 Å². The molecular formula is C16H16N4O5S. The fraction of sp³-hybridized carbons (Fsp3) is 0.250. The monoisotopic (exact) mass is 376 g/mol. The summed E-state index contributed by atoms with van der Waals surface area (Å²) < 4.78 is 34.5. The topological polar surface area (TPSA) is 128 Å². The van der Waals surface area contributed by atoms with Crippen LogP contribution in [0.5, 0.6) is 0 Å². The van der Waals surface area contributed by atoms with Gasteiger partial charge in [-0.2, -0.15) is 0 Å². The number of anilines is 1. The molecule has 1 amide bonds. The van der Waals surface area contributed by atoms with Gasteiger partial charge in [0.2, 0.25) is 11.7 Å². The highest BCUT2D eigenvalue weighted by atomic mass is 32.2. The van der Waals surface area contributed by atoms with E-state index >= 15 is 0 Å². The van der Waals surface area contributed by atoms with E-state index in [9.17, 15) is 13.2 Å². The Hall–Kier alpha value is -3.01. The van der Waals surface area contributed by atoms with Crippen LogP contribution in [0.1, 0.15) is 18.4 Å². The molecule has 0 aliphatic heterocycles. The lowest BCUT2D eigenvalue weighted by Crippen LogP contribution is -2.14. The zero-order valence-corrected chi connectivity index (χ0v) is 14.7. The molecule has 0 atom stereocenters. The second kappa shape index (κ2) is 7.48. The van der Waals surface area contributed by atoms with Crippen molar-refractivity contribution in [2.45, 2.75) is 24.7 Å². The predicted octanol–water partition coefficient (Wildman–Crippen LogP) is 2.23. The third-order valence-electron chi connectivity index (χ3n) is 3.52. The van der Waals surface area contributed by atoms with Crippen LogP contribution in [0.15, 0.2) is 50.4 Å². The Bertz CT molecular complexity index is 978. The van der Waals surface area contributed by atoms with Crippen molar-refractivity contribution < 1.29 is 22.2 Å². The van der Waals surface area contributed by atoms with Crippen LogP contribution in [0, 0.1) is 6.92 Å². The summed E-state index contributed by atoms with van der Waals surface area (Å²) in [5.41, 5.74) is 0.979. The second-order valence-corrected chi connectivity index (χ2v) is 7.68. The third kappa shape index (κ3) is 4.33. The average Bonchev–Trinajstić information content (AvgIpc) is 3.26. The first-order chi connectivity index (χ1) is 12.4. The lowest BCUT2D eigenvalue weighted by Gasteiger charge is -2.05. The number of nitrogens with one attached hydrogen (secondary N) is 1. The molecule has 136 valence electrons. The van der Waals surface area contributed by atoms with Crippen molar-refractivity contribution in [2.24, 2.45) is 0 Å². The van der Waals surface area contributed by atoms with Gasteiger partial charge in [0.05, 0.1) is 16.8 Å². The molecule has 0 aliphatic rings. The quantitative estimate of drug-likeness (QED) is 0.665. The van der Waals surface area contributed by atoms with Crippen molar-refractivity contribution in [1.82, 2.24) is 15.4 Å². The van der Waals surface area contributed by atoms with Gasteiger partial charge in [-0.3, -0.25) is 10.1 Å². The van der Waals surface area contributed by atoms with Gasteiger partial charge in [-0.25, -0.2) is 8.42 Å². The van der Waals surface area contributed by atoms with Crippen LogP contribution in [-0.2, 0) is 14.6 Å². The molecule has 0 unspecified atom stereocenters. The van der Waals surface area contributed by atoms with E-state index in [-0.39, 0.29) is 41.2 Å². The molecule has 0 fully saturated rings. The van der Waals surface area contributed by atoms with Gasteiger partial charge in [0.1, 0.15) is 0 Å². The zero-order chi connectivity index (χ0) is 18.6. The Kier molecular flexibility index (Phi) is 5.12. The number of carbonyl (C=O) groups is 1. The van der Waals surface area contributed by atoms with Crippen molar-refractivity contribution >= 4 is 21.8 Å². The van der Waals surface area contributed by atoms with Crippen LogP contribution in [-0.4, -0.2) is 35.4 Å². The number of aryl methyl sites for hydroxylation is 1. The van der Waals surface area contributed by atoms with Gasteiger partial charge < -0.3 is 8.94 Å². The number of carbonyl (C=O) groups excluding carboxylic acids is 1. The minimum atomic E-state index is -3.42. The summed E-state index contributed by atoms with van der Waals surface area (Å²) in [6.07, 6.45) is 1.60. The summed E-state index contributed by atoms with van der Waals surface area (Å²) >= 11 is 0. The Balaban J connectivity index is 1.50. The van der Waals surface area contributed by atoms with E-state index in [1.807, 2.05) is 6.92 Å². The maximum absolute atomic E-state index is 12.2. The summed E-state index contributed by atoms with van der Waals surface area (Å²) in [6, 6.07) is 8.04. The van der Waals surface area contributed by atoms with Gasteiger partial charge >= 0.3 is 6.01 Å². The standard InChI is InChI=1S/C16H16N4O5S/c1-11-4-6-12(7-5-11)26(22,23)10-2-3-14(21)18-16-20-19-15(24-16)13-8-9-17-25-13/h4-9H,2-3,10H2,1H3,(H,18,20,21). The van der Waals surface area contributed by atoms with E-state index in [1.54, 1.807) is 24.3 Å². The van der Waals surface area contributed by atoms with Crippen molar-refractivity contribution in [3.63, 3.8) is 0 Å². The van der Waals surface area contributed by atoms with Crippen molar-refractivity contribution in [3.05, 3.63) is 42.1 Å². The number of hydrogen-bond acceptors (Lipinski definition) is 8. The van der Waals surface area contributed by atoms with Crippen LogP contribution in [0.4, 0.5) is 6.01 Å². The number of sulfone groups is 1. The molecule has 0 saturated carbocycles. The summed E-state index contributed by atoms with van der Waals surface area (Å²) in [4.78, 5) is 12.2.